The number of benzene rings is 2. The second-order valence-electron chi connectivity index (χ2n) is 7.85. The highest BCUT2D eigenvalue weighted by molar-refractivity contribution is 7.90. The Morgan fingerprint density at radius 3 is 2.70 bits per heavy atom. The van der Waals surface area contributed by atoms with Crippen LogP contribution in [0.4, 0.5) is 5.69 Å². The van der Waals surface area contributed by atoms with Gasteiger partial charge in [-0.2, -0.15) is 8.42 Å². The van der Waals surface area contributed by atoms with E-state index in [1.54, 1.807) is 12.1 Å². The number of carbonyl (C=O) groups is 1. The molecule has 0 saturated carbocycles. The molecule has 4 rings (SSSR count). The summed E-state index contributed by atoms with van der Waals surface area (Å²) in [6.07, 6.45) is 4.57. The van der Waals surface area contributed by atoms with E-state index in [0.29, 0.717) is 30.1 Å². The number of hydrogen-bond donors (Lipinski definition) is 1. The van der Waals surface area contributed by atoms with Crippen LogP contribution in [-0.2, 0) is 10.0 Å². The monoisotopic (exact) mass is 425 g/mol. The molecule has 0 spiro atoms. The van der Waals surface area contributed by atoms with Crippen molar-refractivity contribution in [2.75, 3.05) is 18.0 Å². The first-order chi connectivity index (χ1) is 14.5. The van der Waals surface area contributed by atoms with E-state index in [4.69, 9.17) is 0 Å². The van der Waals surface area contributed by atoms with Gasteiger partial charge in [-0.1, -0.05) is 43.7 Å². The average Bonchev–Trinajstić information content (AvgIpc) is 2.99. The van der Waals surface area contributed by atoms with E-state index < -0.39 is 10.0 Å². The number of carbonyl (C=O) groups excluding carboxylic acids is 1. The molecule has 0 aromatic heterocycles. The number of sulfonamides is 1. The molecule has 158 valence electrons. The molecular formula is C23H27N3O3S. The predicted octanol–water partition coefficient (Wildman–Crippen LogP) is 4.09. The molecule has 1 N–H and O–H groups in total. The van der Waals surface area contributed by atoms with Crippen LogP contribution in [-0.4, -0.2) is 33.3 Å². The minimum atomic E-state index is -3.80. The molecule has 0 radical (unpaired) electrons. The van der Waals surface area contributed by atoms with Gasteiger partial charge in [-0.05, 0) is 43.0 Å². The molecule has 0 unspecified atom stereocenters. The Hall–Kier alpha value is -2.67. The van der Waals surface area contributed by atoms with Gasteiger partial charge in [0.05, 0.1) is 5.69 Å². The van der Waals surface area contributed by atoms with Gasteiger partial charge in [0.15, 0.2) is 0 Å². The molecule has 2 aliphatic rings. The second-order valence-corrected chi connectivity index (χ2v) is 9.43. The number of nitrogens with zero attached hydrogens (tertiary/aromatic N) is 2. The molecule has 2 aliphatic heterocycles. The van der Waals surface area contributed by atoms with Gasteiger partial charge in [-0.25, -0.2) is 0 Å². The number of amidine groups is 1. The third-order valence-electron chi connectivity index (χ3n) is 5.88. The van der Waals surface area contributed by atoms with Gasteiger partial charge in [0.1, 0.15) is 10.7 Å². The predicted molar refractivity (Wildman–Crippen MR) is 119 cm³/mol. The molecule has 1 amide bonds. The van der Waals surface area contributed by atoms with Gasteiger partial charge < -0.3 is 10.2 Å². The van der Waals surface area contributed by atoms with E-state index in [-0.39, 0.29) is 16.7 Å². The number of amides is 1. The molecule has 7 heteroatoms. The van der Waals surface area contributed by atoms with Gasteiger partial charge >= 0.3 is 0 Å². The lowest BCUT2D eigenvalue weighted by Gasteiger charge is -2.29. The zero-order valence-corrected chi connectivity index (χ0v) is 18.0. The quantitative estimate of drug-likeness (QED) is 0.783. The lowest BCUT2D eigenvalue weighted by molar-refractivity contribution is 0.0950. The number of anilines is 1. The Morgan fingerprint density at radius 2 is 1.93 bits per heavy atom. The summed E-state index contributed by atoms with van der Waals surface area (Å²) in [5, 5.41) is 2.97. The van der Waals surface area contributed by atoms with Crippen LogP contribution in [0.1, 0.15) is 60.9 Å². The molecule has 2 heterocycles. The molecule has 1 saturated heterocycles. The summed E-state index contributed by atoms with van der Waals surface area (Å²) < 4.78 is 29.6. The SMILES string of the molecule is CC[C@@H](CNC(=O)c1ccc2c(c1)S(=O)(=O)N=C1CCCCCN12)c1ccccc1. The molecule has 2 aromatic rings. The first-order valence-electron chi connectivity index (χ1n) is 10.6. The molecule has 6 nitrogen and oxygen atoms in total. The van der Waals surface area contributed by atoms with Crippen LogP contribution >= 0.6 is 0 Å². The van der Waals surface area contributed by atoms with E-state index in [2.05, 4.69) is 28.8 Å². The lowest BCUT2D eigenvalue weighted by atomic mass is 9.96. The van der Waals surface area contributed by atoms with Crippen LogP contribution in [0, 0.1) is 0 Å². The number of rotatable bonds is 5. The third kappa shape index (κ3) is 4.12. The minimum absolute atomic E-state index is 0.121. The minimum Gasteiger partial charge on any atom is -0.351 e. The molecule has 1 fully saturated rings. The average molecular weight is 426 g/mol. The van der Waals surface area contributed by atoms with E-state index >= 15 is 0 Å². The third-order valence-corrected chi connectivity index (χ3v) is 7.22. The van der Waals surface area contributed by atoms with Gasteiger partial charge in [0.2, 0.25) is 0 Å². The number of nitrogens with one attached hydrogen (secondary N) is 1. The van der Waals surface area contributed by atoms with Crippen molar-refractivity contribution in [2.24, 2.45) is 4.40 Å². The maximum absolute atomic E-state index is 12.8. The van der Waals surface area contributed by atoms with Gasteiger partial charge in [0, 0.05) is 31.0 Å². The maximum Gasteiger partial charge on any atom is 0.286 e. The van der Waals surface area contributed by atoms with Crippen LogP contribution in [0.2, 0.25) is 0 Å². The first-order valence-corrected chi connectivity index (χ1v) is 12.0. The Labute approximate surface area is 178 Å². The van der Waals surface area contributed by atoms with Gasteiger partial charge in [-0.3, -0.25) is 4.79 Å². The van der Waals surface area contributed by atoms with Crippen LogP contribution in [0.25, 0.3) is 0 Å². The Morgan fingerprint density at radius 1 is 1.13 bits per heavy atom. The molecule has 1 atom stereocenters. The van der Waals surface area contributed by atoms with E-state index in [0.717, 1.165) is 32.2 Å². The summed E-state index contributed by atoms with van der Waals surface area (Å²) in [5.41, 5.74) is 2.15. The topological polar surface area (TPSA) is 78.8 Å². The Balaban J connectivity index is 1.55. The van der Waals surface area contributed by atoms with Crippen molar-refractivity contribution < 1.29 is 13.2 Å². The Kier molecular flexibility index (Phi) is 5.90. The maximum atomic E-state index is 12.8. The van der Waals surface area contributed by atoms with Crippen LogP contribution in [0.3, 0.4) is 0 Å². The summed E-state index contributed by atoms with van der Waals surface area (Å²) in [4.78, 5) is 14.9. The summed E-state index contributed by atoms with van der Waals surface area (Å²) in [6, 6.07) is 15.0. The smallest absolute Gasteiger partial charge is 0.286 e. The molecule has 2 aromatic carbocycles. The van der Waals surface area contributed by atoms with Gasteiger partial charge in [-0.15, -0.1) is 4.40 Å². The summed E-state index contributed by atoms with van der Waals surface area (Å²) in [7, 11) is -3.80. The van der Waals surface area contributed by atoms with Crippen molar-refractivity contribution in [1.82, 2.24) is 5.32 Å². The van der Waals surface area contributed by atoms with Crippen molar-refractivity contribution in [3.05, 3.63) is 59.7 Å². The molecule has 0 bridgehead atoms. The fraction of sp³-hybridized carbons (Fsp3) is 0.391. The van der Waals surface area contributed by atoms with Crippen LogP contribution in [0.15, 0.2) is 57.8 Å². The molecule has 0 aliphatic carbocycles. The van der Waals surface area contributed by atoms with Crippen molar-refractivity contribution in [1.29, 1.82) is 0 Å². The van der Waals surface area contributed by atoms with Crippen LogP contribution < -0.4 is 10.2 Å². The normalized spacial score (nSPS) is 18.4. The Bertz CT molecular complexity index is 1060. The van der Waals surface area contributed by atoms with Crippen molar-refractivity contribution in [3.8, 4) is 0 Å². The zero-order valence-electron chi connectivity index (χ0n) is 17.2. The standard InChI is InChI=1S/C23H27N3O3S/c1-2-17(18-9-5-3-6-10-18)16-24-23(27)19-12-13-20-21(15-19)30(28,29)25-22-11-7-4-8-14-26(20)22/h3,5-6,9-10,12-13,15,17H,2,4,7-8,11,14,16H2,1H3,(H,24,27)/t17-/m0/s1. The van der Waals surface area contributed by atoms with Crippen molar-refractivity contribution in [3.63, 3.8) is 0 Å². The van der Waals surface area contributed by atoms with E-state index in [1.807, 2.05) is 23.1 Å². The van der Waals surface area contributed by atoms with Crippen molar-refractivity contribution in [2.45, 2.75) is 49.8 Å². The fourth-order valence-electron chi connectivity index (χ4n) is 4.16. The summed E-state index contributed by atoms with van der Waals surface area (Å²) in [5.74, 6) is 0.555. The van der Waals surface area contributed by atoms with E-state index in [1.165, 1.54) is 11.6 Å². The van der Waals surface area contributed by atoms with Gasteiger partial charge in [0.25, 0.3) is 15.9 Å². The highest BCUT2D eigenvalue weighted by Gasteiger charge is 2.32. The number of hydrogen-bond acceptors (Lipinski definition) is 4. The van der Waals surface area contributed by atoms with E-state index in [9.17, 15) is 13.2 Å². The largest absolute Gasteiger partial charge is 0.351 e. The highest BCUT2D eigenvalue weighted by Crippen LogP contribution is 2.35. The second kappa shape index (κ2) is 8.60. The fourth-order valence-corrected chi connectivity index (χ4v) is 5.45. The summed E-state index contributed by atoms with van der Waals surface area (Å²) >= 11 is 0. The highest BCUT2D eigenvalue weighted by atomic mass is 32.2. The summed E-state index contributed by atoms with van der Waals surface area (Å²) in [6.45, 7) is 3.34. The van der Waals surface area contributed by atoms with Crippen LogP contribution in [0.5, 0.6) is 0 Å². The lowest BCUT2D eigenvalue weighted by Crippen LogP contribution is -2.35. The molecular weight excluding hydrogens is 398 g/mol. The zero-order chi connectivity index (χ0) is 21.1. The number of fused-ring (bicyclic) bond motifs is 3. The molecule has 30 heavy (non-hydrogen) atoms. The van der Waals surface area contributed by atoms with Crippen molar-refractivity contribution >= 4 is 27.5 Å². The first kappa shape index (κ1) is 20.6.